The first-order chi connectivity index (χ1) is 38.0. The maximum absolute atomic E-state index is 8.44. The van der Waals surface area contributed by atoms with Crippen LogP contribution in [0.25, 0.3) is 0 Å². The maximum atomic E-state index is 8.44. The standard InChI is InChI=1S/C64H97BrO16/c1-57(2,65)49-25-27-50(28-26-49)58(3,4)75-69-43-19-20-44-70-78-61(9,10)53-33-35-54(36-34-53)62(11,12)79-73-47-23-24-48-74-81-64(15,16)56-39-37-55(38-40-56)63(13,14)80-72-46-22-21-45-71-77-60(7,8)52-31-29-51(30-32-52)59(5,6)76-68-42-18-17-41-67-66/h25-40,66H,17-24,41-48H2,1-16H3. The van der Waals surface area contributed by atoms with Gasteiger partial charge in [0.15, 0.2) is 0 Å². The first-order valence-electron chi connectivity index (χ1n) is 28.6. The Morgan fingerprint density at radius 3 is 0.519 bits per heavy atom. The monoisotopic (exact) mass is 1200 g/mol. The molecule has 0 aliphatic carbocycles. The van der Waals surface area contributed by atoms with E-state index in [0.717, 1.165) is 77.5 Å². The van der Waals surface area contributed by atoms with Crippen molar-refractivity contribution in [2.45, 2.75) is 206 Å². The number of alkyl halides is 1. The summed E-state index contributed by atoms with van der Waals surface area (Å²) in [5.41, 5.74) is 3.36. The van der Waals surface area contributed by atoms with Crippen molar-refractivity contribution in [2.24, 2.45) is 0 Å². The Kier molecular flexibility index (Phi) is 28.5. The second-order valence-electron chi connectivity index (χ2n) is 24.4. The summed E-state index contributed by atoms with van der Waals surface area (Å²) >= 11 is 3.71. The Hall–Kier alpha value is -3.28. The second kappa shape index (κ2) is 32.8. The summed E-state index contributed by atoms with van der Waals surface area (Å²) in [6.07, 6.45) is 5.78. The topological polar surface area (TPSA) is 159 Å². The van der Waals surface area contributed by atoms with Gasteiger partial charge in [-0.3, -0.25) is 5.26 Å². The van der Waals surface area contributed by atoms with Crippen molar-refractivity contribution >= 4 is 15.9 Å². The number of hydrogen-bond acceptors (Lipinski definition) is 16. The van der Waals surface area contributed by atoms with Gasteiger partial charge in [-0.15, -0.1) is 0 Å². The third-order valence-electron chi connectivity index (χ3n) is 13.8. The summed E-state index contributed by atoms with van der Waals surface area (Å²) in [6, 6.07) is 32.5. The molecule has 0 atom stereocenters. The molecule has 0 saturated carbocycles. The summed E-state index contributed by atoms with van der Waals surface area (Å²) in [4.78, 5) is 84.0. The normalized spacial score (nSPS) is 13.4. The summed E-state index contributed by atoms with van der Waals surface area (Å²) in [6.45, 7) is 34.9. The van der Waals surface area contributed by atoms with Crippen LogP contribution in [0.2, 0.25) is 0 Å². The molecule has 0 aliphatic heterocycles. The number of rotatable bonds is 42. The van der Waals surface area contributed by atoms with Crippen LogP contribution < -0.4 is 0 Å². The van der Waals surface area contributed by atoms with Gasteiger partial charge in [0.2, 0.25) is 0 Å². The van der Waals surface area contributed by atoms with Crippen molar-refractivity contribution in [3.63, 3.8) is 0 Å². The van der Waals surface area contributed by atoms with Gasteiger partial charge in [-0.05, 0) is 207 Å². The fraction of sp³-hybridized carbons (Fsp3) is 0.625. The van der Waals surface area contributed by atoms with Crippen molar-refractivity contribution in [3.05, 3.63) is 142 Å². The minimum Gasteiger partial charge on any atom is -0.252 e. The first kappa shape index (κ1) is 70.2. The lowest BCUT2D eigenvalue weighted by atomic mass is 9.92. The van der Waals surface area contributed by atoms with Crippen LogP contribution in [0.3, 0.4) is 0 Å². The lowest BCUT2D eigenvalue weighted by Crippen LogP contribution is -2.25. The zero-order chi connectivity index (χ0) is 59.9. The average Bonchev–Trinajstić information content (AvgIpc) is 3.43. The van der Waals surface area contributed by atoms with Crippen molar-refractivity contribution in [1.82, 2.24) is 0 Å². The highest BCUT2D eigenvalue weighted by atomic mass is 79.9. The lowest BCUT2D eigenvalue weighted by molar-refractivity contribution is -0.365. The van der Waals surface area contributed by atoms with Gasteiger partial charge in [-0.2, -0.15) is 0 Å². The minimum absolute atomic E-state index is 0.0877. The molecule has 4 aromatic carbocycles. The summed E-state index contributed by atoms with van der Waals surface area (Å²) in [7, 11) is 0. The SMILES string of the molecule is CC(C)(Br)c1ccc(C(C)(C)OOCCCCOOC(C)(C)c2ccc(C(C)(C)OOCCCCOOC(C)(C)c3ccc(C(C)(C)OOCCCCOOC(C)(C)c4ccc(C(C)(C)OOCCCCOO)cc4)cc3)cc2)cc1. The van der Waals surface area contributed by atoms with Crippen LogP contribution in [0.4, 0.5) is 0 Å². The van der Waals surface area contributed by atoms with Crippen LogP contribution in [0.1, 0.15) is 207 Å². The Morgan fingerprint density at radius 2 is 0.383 bits per heavy atom. The highest BCUT2D eigenvalue weighted by Crippen LogP contribution is 2.35. The molecular formula is C64H97BrO16. The molecule has 4 rings (SSSR count). The van der Waals surface area contributed by atoms with Crippen molar-refractivity contribution in [3.8, 4) is 0 Å². The summed E-state index contributed by atoms with van der Waals surface area (Å²) in [5.74, 6) is 0. The van der Waals surface area contributed by atoms with E-state index >= 15 is 0 Å². The van der Waals surface area contributed by atoms with Crippen LogP contribution in [-0.4, -0.2) is 58.1 Å². The molecule has 0 amide bonds. The van der Waals surface area contributed by atoms with Gasteiger partial charge >= 0.3 is 0 Å². The fourth-order valence-corrected chi connectivity index (χ4v) is 8.30. The average molecular weight is 1200 g/mol. The molecule has 0 heterocycles. The number of halogens is 1. The fourth-order valence-electron chi connectivity index (χ4n) is 8.04. The van der Waals surface area contributed by atoms with E-state index in [1.807, 2.05) is 170 Å². The van der Waals surface area contributed by atoms with Gasteiger partial charge in [0, 0.05) is 4.32 Å². The molecule has 0 unspecified atom stereocenters. The van der Waals surface area contributed by atoms with E-state index in [-0.39, 0.29) is 10.9 Å². The predicted octanol–water partition coefficient (Wildman–Crippen LogP) is 16.3. The molecule has 0 aliphatic rings. The van der Waals surface area contributed by atoms with Gasteiger partial charge < -0.3 is 0 Å². The van der Waals surface area contributed by atoms with E-state index < -0.39 is 39.2 Å². The van der Waals surface area contributed by atoms with Crippen molar-refractivity contribution in [2.75, 3.05) is 52.9 Å². The molecule has 0 spiro atoms. The molecular weight excluding hydrogens is 1100 g/mol. The van der Waals surface area contributed by atoms with E-state index in [1.165, 1.54) is 5.56 Å². The minimum atomic E-state index is -0.690. The Bertz CT molecular complexity index is 2340. The van der Waals surface area contributed by atoms with Crippen LogP contribution in [0, 0.1) is 0 Å². The van der Waals surface area contributed by atoms with Gasteiger partial charge in [0.25, 0.3) is 0 Å². The molecule has 0 bridgehead atoms. The zero-order valence-electron chi connectivity index (χ0n) is 51.5. The third-order valence-corrected chi connectivity index (χ3v) is 14.3. The van der Waals surface area contributed by atoms with Crippen molar-refractivity contribution in [1.29, 1.82) is 0 Å². The highest BCUT2D eigenvalue weighted by Gasteiger charge is 2.31. The largest absolute Gasteiger partial charge is 0.252 e. The predicted molar refractivity (Wildman–Crippen MR) is 314 cm³/mol. The lowest BCUT2D eigenvalue weighted by Gasteiger charge is -2.27. The third kappa shape index (κ3) is 24.3. The Balaban J connectivity index is 1.03. The van der Waals surface area contributed by atoms with E-state index in [0.29, 0.717) is 59.1 Å². The van der Waals surface area contributed by atoms with E-state index in [4.69, 9.17) is 73.7 Å². The molecule has 0 aromatic heterocycles. The van der Waals surface area contributed by atoms with E-state index in [1.54, 1.807) is 0 Å². The molecule has 4 aromatic rings. The quantitative estimate of drug-likeness (QED) is 0.0193. The van der Waals surface area contributed by atoms with Gasteiger partial charge in [-0.1, -0.05) is 113 Å². The Morgan fingerprint density at radius 1 is 0.247 bits per heavy atom. The second-order valence-corrected chi connectivity index (χ2v) is 26.3. The van der Waals surface area contributed by atoms with E-state index in [9.17, 15) is 0 Å². The van der Waals surface area contributed by atoms with Gasteiger partial charge in [0.05, 0.1) is 52.9 Å². The smallest absolute Gasteiger partial charge is 0.123 e. The number of unbranched alkanes of at least 4 members (excludes halogenated alkanes) is 4. The molecule has 17 heteroatoms. The molecule has 0 radical (unpaired) electrons. The van der Waals surface area contributed by atoms with Crippen LogP contribution in [0.5, 0.6) is 0 Å². The highest BCUT2D eigenvalue weighted by molar-refractivity contribution is 9.09. The molecule has 456 valence electrons. The van der Waals surface area contributed by atoms with Crippen LogP contribution >= 0.6 is 15.9 Å². The van der Waals surface area contributed by atoms with Crippen LogP contribution in [0.15, 0.2) is 97.1 Å². The maximum Gasteiger partial charge on any atom is 0.123 e. The van der Waals surface area contributed by atoms with E-state index in [2.05, 4.69) is 58.9 Å². The zero-order valence-corrected chi connectivity index (χ0v) is 53.1. The molecule has 81 heavy (non-hydrogen) atoms. The molecule has 0 fully saturated rings. The number of hydrogen-bond donors (Lipinski definition) is 1. The molecule has 16 nitrogen and oxygen atoms in total. The van der Waals surface area contributed by atoms with Crippen LogP contribution in [-0.2, 0) is 117 Å². The van der Waals surface area contributed by atoms with Gasteiger partial charge in [0.1, 0.15) is 39.2 Å². The van der Waals surface area contributed by atoms with Gasteiger partial charge in [-0.25, -0.2) is 73.3 Å². The molecule has 0 saturated heterocycles. The first-order valence-corrected chi connectivity index (χ1v) is 29.4. The summed E-state index contributed by atoms with van der Waals surface area (Å²) in [5, 5.41) is 8.44. The molecule has 1 N–H and O–H groups in total. The number of benzene rings is 4. The van der Waals surface area contributed by atoms with Crippen molar-refractivity contribution < 1.29 is 78.6 Å². The Labute approximate surface area is 492 Å². The summed E-state index contributed by atoms with van der Waals surface area (Å²) < 4.78 is -0.0877.